The van der Waals surface area contributed by atoms with Crippen LogP contribution in [0.25, 0.3) is 0 Å². The topological polar surface area (TPSA) is 75.7 Å². The van der Waals surface area contributed by atoms with Crippen molar-refractivity contribution in [3.63, 3.8) is 0 Å². The third-order valence-electron chi connectivity index (χ3n) is 2.95. The van der Waals surface area contributed by atoms with Crippen molar-refractivity contribution in [3.05, 3.63) is 22.4 Å². The molecule has 1 N–H and O–H groups in total. The molecule has 0 fully saturated rings. The van der Waals surface area contributed by atoms with Crippen LogP contribution in [0.1, 0.15) is 30.4 Å². The van der Waals surface area contributed by atoms with Gasteiger partial charge in [0.05, 0.1) is 4.88 Å². The first-order chi connectivity index (χ1) is 9.82. The van der Waals surface area contributed by atoms with Crippen LogP contribution in [0.3, 0.4) is 0 Å². The Bertz CT molecular complexity index is 499. The third-order valence-corrected chi connectivity index (χ3v) is 3.82. The van der Waals surface area contributed by atoms with E-state index in [-0.39, 0.29) is 24.5 Å². The molecule has 1 aromatic heterocycles. The van der Waals surface area contributed by atoms with E-state index in [0.717, 1.165) is 0 Å². The number of nitrogens with one attached hydrogen (secondary N) is 1. The minimum atomic E-state index is -0.809. The minimum absolute atomic E-state index is 0.0344. The molecule has 7 heteroatoms. The van der Waals surface area contributed by atoms with E-state index in [0.29, 0.717) is 4.88 Å². The summed E-state index contributed by atoms with van der Waals surface area (Å²) in [4.78, 5) is 37.2. The zero-order valence-corrected chi connectivity index (χ0v) is 13.4. The molecular weight excluding hydrogens is 292 g/mol. The van der Waals surface area contributed by atoms with E-state index in [1.54, 1.807) is 24.6 Å². The average molecular weight is 312 g/mol. The maximum absolute atomic E-state index is 11.8. The number of likely N-dealkylation sites (N-methyl/N-ethyl adjacent to an activating group) is 1. The Hall–Kier alpha value is -1.89. The van der Waals surface area contributed by atoms with E-state index < -0.39 is 12.0 Å². The summed E-state index contributed by atoms with van der Waals surface area (Å²) in [5, 5.41) is 4.31. The normalized spacial score (nSPS) is 11.9. The molecule has 0 aliphatic rings. The predicted molar refractivity (Wildman–Crippen MR) is 80.1 cm³/mol. The number of rotatable bonds is 6. The van der Waals surface area contributed by atoms with Gasteiger partial charge in [0, 0.05) is 13.1 Å². The largest absolute Gasteiger partial charge is 0.454 e. The van der Waals surface area contributed by atoms with E-state index in [1.807, 2.05) is 13.8 Å². The summed E-state index contributed by atoms with van der Waals surface area (Å²) >= 11 is 1.29. The van der Waals surface area contributed by atoms with Crippen LogP contribution in [0, 0.1) is 0 Å². The van der Waals surface area contributed by atoms with Crippen LogP contribution in [-0.2, 0) is 14.3 Å². The number of hydrogen-bond donors (Lipinski definition) is 1. The summed E-state index contributed by atoms with van der Waals surface area (Å²) in [6.45, 7) is 4.92. The summed E-state index contributed by atoms with van der Waals surface area (Å²) in [6.07, 6.45) is 0. The highest BCUT2D eigenvalue weighted by atomic mass is 32.1. The molecular formula is C14H20N2O4S. The highest BCUT2D eigenvalue weighted by Crippen LogP contribution is 2.08. The van der Waals surface area contributed by atoms with Crippen molar-refractivity contribution in [2.75, 3.05) is 13.7 Å². The first-order valence-electron chi connectivity index (χ1n) is 6.59. The molecule has 1 heterocycles. The average Bonchev–Trinajstić information content (AvgIpc) is 2.97. The molecule has 0 aliphatic carbocycles. The number of hydrogen-bond acceptors (Lipinski definition) is 5. The van der Waals surface area contributed by atoms with Gasteiger partial charge in [0.15, 0.2) is 6.61 Å². The Labute approximate surface area is 128 Å². The molecule has 2 amide bonds. The van der Waals surface area contributed by atoms with Crippen molar-refractivity contribution in [1.82, 2.24) is 10.2 Å². The zero-order valence-electron chi connectivity index (χ0n) is 12.6. The second-order valence-corrected chi connectivity index (χ2v) is 5.83. The molecule has 1 atom stereocenters. The molecule has 0 saturated carbocycles. The highest BCUT2D eigenvalue weighted by molar-refractivity contribution is 7.12. The quantitative estimate of drug-likeness (QED) is 0.803. The predicted octanol–water partition coefficient (Wildman–Crippen LogP) is 1.28. The maximum atomic E-state index is 11.8. The van der Waals surface area contributed by atoms with Crippen LogP contribution in [0.4, 0.5) is 0 Å². The van der Waals surface area contributed by atoms with Gasteiger partial charge in [0.25, 0.3) is 11.8 Å². The molecule has 1 unspecified atom stereocenters. The lowest BCUT2D eigenvalue weighted by molar-refractivity contribution is -0.153. The number of nitrogens with zero attached hydrogens (tertiary/aromatic N) is 1. The van der Waals surface area contributed by atoms with Crippen LogP contribution in [-0.4, -0.2) is 48.4 Å². The SMILES string of the molecule is CC(NC(=O)c1cccs1)C(=O)OCC(=O)N(C)C(C)C. The monoisotopic (exact) mass is 312 g/mol. The smallest absolute Gasteiger partial charge is 0.328 e. The Morgan fingerprint density at radius 3 is 2.52 bits per heavy atom. The van der Waals surface area contributed by atoms with E-state index >= 15 is 0 Å². The first-order valence-corrected chi connectivity index (χ1v) is 7.47. The zero-order chi connectivity index (χ0) is 16.0. The van der Waals surface area contributed by atoms with Crippen molar-refractivity contribution < 1.29 is 19.1 Å². The van der Waals surface area contributed by atoms with Crippen molar-refractivity contribution >= 4 is 29.1 Å². The Morgan fingerprint density at radius 1 is 1.33 bits per heavy atom. The summed E-state index contributed by atoms with van der Waals surface area (Å²) in [5.41, 5.74) is 0. The molecule has 0 bridgehead atoms. The number of carbonyl (C=O) groups is 3. The Morgan fingerprint density at radius 2 is 2.00 bits per heavy atom. The van der Waals surface area contributed by atoms with Gasteiger partial charge in [-0.2, -0.15) is 0 Å². The lowest BCUT2D eigenvalue weighted by atomic mass is 10.3. The van der Waals surface area contributed by atoms with Gasteiger partial charge in [-0.25, -0.2) is 4.79 Å². The van der Waals surface area contributed by atoms with Gasteiger partial charge >= 0.3 is 5.97 Å². The van der Waals surface area contributed by atoms with Crippen LogP contribution in [0.2, 0.25) is 0 Å². The summed E-state index contributed by atoms with van der Waals surface area (Å²) in [5.74, 6) is -1.25. The summed E-state index contributed by atoms with van der Waals surface area (Å²) in [7, 11) is 1.64. The molecule has 1 rings (SSSR count). The lowest BCUT2D eigenvalue weighted by Gasteiger charge is -2.21. The molecule has 21 heavy (non-hydrogen) atoms. The standard InChI is InChI=1S/C14H20N2O4S/c1-9(2)16(4)12(17)8-20-14(19)10(3)15-13(18)11-6-5-7-21-11/h5-7,9-10H,8H2,1-4H3,(H,15,18). The van der Waals surface area contributed by atoms with Crippen molar-refractivity contribution in [2.45, 2.75) is 32.9 Å². The lowest BCUT2D eigenvalue weighted by Crippen LogP contribution is -2.41. The second kappa shape index (κ2) is 7.78. The fraction of sp³-hybridized carbons (Fsp3) is 0.500. The van der Waals surface area contributed by atoms with E-state index in [2.05, 4.69) is 5.32 Å². The number of esters is 1. The molecule has 0 spiro atoms. The number of ether oxygens (including phenoxy) is 1. The van der Waals surface area contributed by atoms with Crippen LogP contribution < -0.4 is 5.32 Å². The van der Waals surface area contributed by atoms with Gasteiger partial charge in [0.1, 0.15) is 6.04 Å². The third kappa shape index (κ3) is 5.18. The molecule has 0 saturated heterocycles. The van der Waals surface area contributed by atoms with Gasteiger partial charge in [-0.15, -0.1) is 11.3 Å². The second-order valence-electron chi connectivity index (χ2n) is 4.88. The van der Waals surface area contributed by atoms with Crippen LogP contribution >= 0.6 is 11.3 Å². The highest BCUT2D eigenvalue weighted by Gasteiger charge is 2.20. The molecule has 0 aliphatic heterocycles. The van der Waals surface area contributed by atoms with Gasteiger partial charge in [0.2, 0.25) is 0 Å². The maximum Gasteiger partial charge on any atom is 0.328 e. The number of carbonyl (C=O) groups excluding carboxylic acids is 3. The number of thiophene rings is 1. The first kappa shape index (κ1) is 17.2. The van der Waals surface area contributed by atoms with Crippen LogP contribution in [0.5, 0.6) is 0 Å². The van der Waals surface area contributed by atoms with Gasteiger partial charge in [-0.1, -0.05) is 6.07 Å². The fourth-order valence-electron chi connectivity index (χ4n) is 1.38. The fourth-order valence-corrected chi connectivity index (χ4v) is 2.01. The summed E-state index contributed by atoms with van der Waals surface area (Å²) in [6, 6.07) is 2.64. The number of amides is 2. The molecule has 0 radical (unpaired) electrons. The van der Waals surface area contributed by atoms with Crippen LogP contribution in [0.15, 0.2) is 17.5 Å². The van der Waals surface area contributed by atoms with E-state index in [1.165, 1.54) is 23.2 Å². The van der Waals surface area contributed by atoms with Crippen molar-refractivity contribution in [2.24, 2.45) is 0 Å². The molecule has 116 valence electrons. The van der Waals surface area contributed by atoms with E-state index in [4.69, 9.17) is 4.74 Å². The Balaban J connectivity index is 2.41. The summed E-state index contributed by atoms with van der Waals surface area (Å²) < 4.78 is 4.91. The van der Waals surface area contributed by atoms with Crippen molar-refractivity contribution in [3.8, 4) is 0 Å². The Kier molecular flexibility index (Phi) is 6.36. The van der Waals surface area contributed by atoms with Gasteiger partial charge < -0.3 is 15.0 Å². The molecule has 6 nitrogen and oxygen atoms in total. The van der Waals surface area contributed by atoms with Gasteiger partial charge in [-0.3, -0.25) is 9.59 Å². The van der Waals surface area contributed by atoms with E-state index in [9.17, 15) is 14.4 Å². The molecule has 1 aromatic rings. The van der Waals surface area contributed by atoms with Crippen molar-refractivity contribution in [1.29, 1.82) is 0 Å². The minimum Gasteiger partial charge on any atom is -0.454 e. The van der Waals surface area contributed by atoms with Gasteiger partial charge in [-0.05, 0) is 32.2 Å². The molecule has 0 aromatic carbocycles.